The largest absolute Gasteiger partial charge is 0.346 e. The molecule has 0 bridgehead atoms. The van der Waals surface area contributed by atoms with Gasteiger partial charge in [0, 0.05) is 6.04 Å². The second-order valence-electron chi connectivity index (χ2n) is 3.72. The maximum atomic E-state index is 11.5. The van der Waals surface area contributed by atoms with Gasteiger partial charge in [-0.15, -0.1) is 0 Å². The minimum atomic E-state index is -0.292. The van der Waals surface area contributed by atoms with E-state index >= 15 is 0 Å². The lowest BCUT2D eigenvalue weighted by atomic mass is 10.2. The summed E-state index contributed by atoms with van der Waals surface area (Å²) < 4.78 is 4.89. The summed E-state index contributed by atoms with van der Waals surface area (Å²) in [5.74, 6) is 0.107. The lowest BCUT2D eigenvalue weighted by Gasteiger charge is -1.99. The number of rotatable bonds is 4. The summed E-state index contributed by atoms with van der Waals surface area (Å²) in [6, 6.07) is -0.000673. The van der Waals surface area contributed by atoms with Crippen molar-refractivity contribution in [2.24, 2.45) is 5.73 Å². The molecule has 1 heterocycles. The van der Waals surface area contributed by atoms with Crippen LogP contribution in [0.1, 0.15) is 48.7 Å². The Kier molecular flexibility index (Phi) is 2.68. The van der Waals surface area contributed by atoms with E-state index in [2.05, 4.69) is 15.5 Å². The molecule has 0 radical (unpaired) electrons. The molecule has 1 atom stereocenters. The number of carbonyl (C=O) groups excluding carboxylic acids is 1. The van der Waals surface area contributed by atoms with E-state index in [9.17, 15) is 4.79 Å². The zero-order valence-corrected chi connectivity index (χ0v) is 8.56. The van der Waals surface area contributed by atoms with Crippen LogP contribution < -0.4 is 11.1 Å². The fourth-order valence-electron chi connectivity index (χ4n) is 1.13. The second kappa shape index (κ2) is 3.98. The van der Waals surface area contributed by atoms with Gasteiger partial charge in [-0.25, -0.2) is 0 Å². The Bertz CT molecular complexity index is 359. The number of hydrogen-bond donors (Lipinski definition) is 2. The van der Waals surface area contributed by atoms with Gasteiger partial charge in [0.15, 0.2) is 0 Å². The van der Waals surface area contributed by atoms with Gasteiger partial charge in [-0.2, -0.15) is 4.98 Å². The highest BCUT2D eigenvalue weighted by atomic mass is 16.5. The molecule has 15 heavy (non-hydrogen) atoms. The summed E-state index contributed by atoms with van der Waals surface area (Å²) >= 11 is 0. The molecule has 1 amide bonds. The molecule has 0 saturated heterocycles. The first-order valence-corrected chi connectivity index (χ1v) is 5.10. The molecule has 82 valence electrons. The zero-order valence-electron chi connectivity index (χ0n) is 8.56. The third kappa shape index (κ3) is 2.33. The molecule has 3 N–H and O–H groups in total. The van der Waals surface area contributed by atoms with Crippen molar-refractivity contribution in [3.8, 4) is 0 Å². The topological polar surface area (TPSA) is 94.0 Å². The Balaban J connectivity index is 2.01. The molecule has 0 unspecified atom stereocenters. The minimum Gasteiger partial charge on any atom is -0.346 e. The Morgan fingerprint density at radius 2 is 2.47 bits per heavy atom. The lowest BCUT2D eigenvalue weighted by molar-refractivity contribution is 0.0937. The summed E-state index contributed by atoms with van der Waals surface area (Å²) in [7, 11) is 0. The van der Waals surface area contributed by atoms with Gasteiger partial charge in [-0.05, 0) is 19.3 Å². The normalized spacial score (nSPS) is 17.5. The van der Waals surface area contributed by atoms with Gasteiger partial charge in [-0.1, -0.05) is 12.1 Å². The fourth-order valence-corrected chi connectivity index (χ4v) is 1.13. The van der Waals surface area contributed by atoms with Crippen LogP contribution in [0.25, 0.3) is 0 Å². The third-order valence-corrected chi connectivity index (χ3v) is 2.31. The van der Waals surface area contributed by atoms with E-state index in [0.29, 0.717) is 18.4 Å². The minimum absolute atomic E-state index is 0.0702. The van der Waals surface area contributed by atoms with E-state index < -0.39 is 0 Å². The van der Waals surface area contributed by atoms with Crippen LogP contribution in [0.2, 0.25) is 0 Å². The second-order valence-corrected chi connectivity index (χ2v) is 3.72. The number of nitrogens with one attached hydrogen (secondary N) is 1. The van der Waals surface area contributed by atoms with E-state index in [0.717, 1.165) is 12.8 Å². The van der Waals surface area contributed by atoms with Crippen LogP contribution in [-0.2, 0) is 0 Å². The van der Waals surface area contributed by atoms with Crippen molar-refractivity contribution in [3.63, 3.8) is 0 Å². The third-order valence-electron chi connectivity index (χ3n) is 2.31. The SMILES string of the molecule is CC[C@@H](N)c1nc(C(=O)NC2CC2)no1. The molecule has 2 rings (SSSR count). The number of nitrogens with zero attached hydrogens (tertiary/aromatic N) is 2. The maximum Gasteiger partial charge on any atom is 0.292 e. The van der Waals surface area contributed by atoms with Gasteiger partial charge < -0.3 is 15.6 Å². The molecule has 1 fully saturated rings. The van der Waals surface area contributed by atoms with E-state index in [1.54, 1.807) is 0 Å². The molecular formula is C9H14N4O2. The van der Waals surface area contributed by atoms with Crippen molar-refractivity contribution in [1.82, 2.24) is 15.5 Å². The van der Waals surface area contributed by atoms with E-state index in [4.69, 9.17) is 10.3 Å². The van der Waals surface area contributed by atoms with Crippen LogP contribution >= 0.6 is 0 Å². The number of amides is 1. The predicted octanol–water partition coefficient (Wildman–Crippen LogP) is 0.372. The first-order valence-electron chi connectivity index (χ1n) is 5.10. The molecule has 0 aromatic carbocycles. The van der Waals surface area contributed by atoms with Crippen molar-refractivity contribution >= 4 is 5.91 Å². The first-order chi connectivity index (χ1) is 7.20. The number of hydrogen-bond acceptors (Lipinski definition) is 5. The molecule has 1 aromatic rings. The average Bonchev–Trinajstić information content (AvgIpc) is 2.91. The molecule has 1 aromatic heterocycles. The van der Waals surface area contributed by atoms with Gasteiger partial charge in [0.05, 0.1) is 6.04 Å². The average molecular weight is 210 g/mol. The molecule has 0 spiro atoms. The Hall–Kier alpha value is -1.43. The standard InChI is InChI=1S/C9H14N4O2/c1-2-6(10)9-12-7(13-15-9)8(14)11-5-3-4-5/h5-6H,2-4,10H2,1H3,(H,11,14)/t6-/m1/s1. The van der Waals surface area contributed by atoms with E-state index in [-0.39, 0.29) is 17.8 Å². The van der Waals surface area contributed by atoms with Crippen molar-refractivity contribution in [3.05, 3.63) is 11.7 Å². The zero-order chi connectivity index (χ0) is 10.8. The van der Waals surface area contributed by atoms with Crippen molar-refractivity contribution in [1.29, 1.82) is 0 Å². The van der Waals surface area contributed by atoms with Crippen molar-refractivity contribution in [2.75, 3.05) is 0 Å². The monoisotopic (exact) mass is 210 g/mol. The summed E-state index contributed by atoms with van der Waals surface area (Å²) in [6.07, 6.45) is 2.77. The molecule has 0 aliphatic heterocycles. The first kappa shape index (κ1) is 10.1. The fraction of sp³-hybridized carbons (Fsp3) is 0.667. The van der Waals surface area contributed by atoms with Gasteiger partial charge in [0.25, 0.3) is 11.7 Å². The molecule has 1 aliphatic rings. The predicted molar refractivity (Wildman–Crippen MR) is 52.0 cm³/mol. The summed E-state index contributed by atoms with van der Waals surface area (Å²) in [5, 5.41) is 6.36. The summed E-state index contributed by atoms with van der Waals surface area (Å²) in [5.41, 5.74) is 5.69. The van der Waals surface area contributed by atoms with Gasteiger partial charge >= 0.3 is 0 Å². The maximum absolute atomic E-state index is 11.5. The van der Waals surface area contributed by atoms with Gasteiger partial charge in [-0.3, -0.25) is 4.79 Å². The van der Waals surface area contributed by atoms with Crippen molar-refractivity contribution < 1.29 is 9.32 Å². The van der Waals surface area contributed by atoms with Crippen LogP contribution in [0.4, 0.5) is 0 Å². The van der Waals surface area contributed by atoms with Crippen LogP contribution in [-0.4, -0.2) is 22.1 Å². The molecule has 1 saturated carbocycles. The Morgan fingerprint density at radius 3 is 3.07 bits per heavy atom. The van der Waals surface area contributed by atoms with Gasteiger partial charge in [0.1, 0.15) is 0 Å². The van der Waals surface area contributed by atoms with Crippen LogP contribution in [0.5, 0.6) is 0 Å². The highest BCUT2D eigenvalue weighted by Crippen LogP contribution is 2.19. The van der Waals surface area contributed by atoms with E-state index in [1.165, 1.54) is 0 Å². The Labute approximate surface area is 87.2 Å². The highest BCUT2D eigenvalue weighted by Gasteiger charge is 2.26. The number of aromatic nitrogens is 2. The van der Waals surface area contributed by atoms with Gasteiger partial charge in [0.2, 0.25) is 5.89 Å². The number of carbonyl (C=O) groups is 1. The smallest absolute Gasteiger partial charge is 0.292 e. The van der Waals surface area contributed by atoms with Crippen LogP contribution in [0.3, 0.4) is 0 Å². The quantitative estimate of drug-likeness (QED) is 0.748. The molecule has 1 aliphatic carbocycles. The lowest BCUT2D eigenvalue weighted by Crippen LogP contribution is -2.26. The highest BCUT2D eigenvalue weighted by molar-refractivity contribution is 5.90. The Morgan fingerprint density at radius 1 is 1.73 bits per heavy atom. The summed E-state index contributed by atoms with van der Waals surface area (Å²) in [6.45, 7) is 1.92. The van der Waals surface area contributed by atoms with Crippen LogP contribution in [0, 0.1) is 0 Å². The summed E-state index contributed by atoms with van der Waals surface area (Å²) in [4.78, 5) is 15.4. The van der Waals surface area contributed by atoms with E-state index in [1.807, 2.05) is 6.92 Å². The molecular weight excluding hydrogens is 196 g/mol. The molecule has 6 heteroatoms. The molecule has 6 nitrogen and oxygen atoms in total. The number of nitrogens with two attached hydrogens (primary N) is 1. The van der Waals surface area contributed by atoms with Crippen LogP contribution in [0.15, 0.2) is 4.52 Å². The van der Waals surface area contributed by atoms with Crippen molar-refractivity contribution in [2.45, 2.75) is 38.3 Å².